The number of rotatable bonds is 9. The quantitative estimate of drug-likeness (QED) is 0.758. The maximum atomic E-state index is 9.20. The Balaban J connectivity index is 2.57. The molecule has 0 spiro atoms. The van der Waals surface area contributed by atoms with Crippen molar-refractivity contribution in [2.24, 2.45) is 0 Å². The molecule has 0 saturated heterocycles. The summed E-state index contributed by atoms with van der Waals surface area (Å²) in [6.45, 7) is 5.90. The van der Waals surface area contributed by atoms with E-state index in [-0.39, 0.29) is 6.04 Å². The molecule has 1 aromatic rings. The molecule has 0 aliphatic carbocycles. The molecule has 0 aromatic heterocycles. The number of nitrogens with one attached hydrogen (secondary N) is 1. The molecule has 0 radical (unpaired) electrons. The highest BCUT2D eigenvalue weighted by molar-refractivity contribution is 5.33. The van der Waals surface area contributed by atoms with Crippen molar-refractivity contribution in [2.75, 3.05) is 27.2 Å². The van der Waals surface area contributed by atoms with Gasteiger partial charge in [-0.2, -0.15) is 5.26 Å². The lowest BCUT2D eigenvalue weighted by molar-refractivity contribution is 0.240. The Bertz CT molecular complexity index is 456. The standard InChI is InChI=1S/C17H27N3O/c1-5-10-19-16(12-18)13-20(3)14(2)11-15-8-6-7-9-17(15)21-4/h6-9,14,16,19H,5,10-11,13H2,1-4H3. The molecule has 2 unspecified atom stereocenters. The molecule has 1 N–H and O–H groups in total. The Morgan fingerprint density at radius 2 is 2.10 bits per heavy atom. The highest BCUT2D eigenvalue weighted by Gasteiger charge is 2.16. The molecule has 0 aliphatic heterocycles. The predicted octanol–water partition coefficient (Wildman–Crippen LogP) is 2.45. The average molecular weight is 289 g/mol. The summed E-state index contributed by atoms with van der Waals surface area (Å²) in [4.78, 5) is 2.23. The van der Waals surface area contributed by atoms with Crippen molar-refractivity contribution in [3.05, 3.63) is 29.8 Å². The largest absolute Gasteiger partial charge is 0.496 e. The van der Waals surface area contributed by atoms with E-state index in [2.05, 4.69) is 43.2 Å². The van der Waals surface area contributed by atoms with Crippen molar-refractivity contribution in [3.63, 3.8) is 0 Å². The molecular formula is C17H27N3O. The van der Waals surface area contributed by atoms with Crippen molar-refractivity contribution < 1.29 is 4.74 Å². The fourth-order valence-electron chi connectivity index (χ4n) is 2.28. The Kier molecular flexibility index (Phi) is 7.81. The minimum atomic E-state index is -0.116. The van der Waals surface area contributed by atoms with E-state index in [1.165, 1.54) is 5.56 Å². The third-order valence-electron chi connectivity index (χ3n) is 3.73. The number of likely N-dealkylation sites (N-methyl/N-ethyl adjacent to an activating group) is 1. The van der Waals surface area contributed by atoms with Crippen LogP contribution in [0.1, 0.15) is 25.8 Å². The lowest BCUT2D eigenvalue weighted by atomic mass is 10.0. The molecule has 0 amide bonds. The zero-order valence-corrected chi connectivity index (χ0v) is 13.6. The normalized spacial score (nSPS) is 13.7. The predicted molar refractivity (Wildman–Crippen MR) is 86.5 cm³/mol. The van der Waals surface area contributed by atoms with Gasteiger partial charge in [0.2, 0.25) is 0 Å². The summed E-state index contributed by atoms with van der Waals surface area (Å²) in [6, 6.07) is 10.7. The topological polar surface area (TPSA) is 48.3 Å². The zero-order valence-electron chi connectivity index (χ0n) is 13.6. The summed E-state index contributed by atoms with van der Waals surface area (Å²) in [5.41, 5.74) is 1.20. The van der Waals surface area contributed by atoms with Crippen molar-refractivity contribution in [1.82, 2.24) is 10.2 Å². The number of benzene rings is 1. The lowest BCUT2D eigenvalue weighted by Crippen LogP contribution is -2.43. The molecular weight excluding hydrogens is 262 g/mol. The smallest absolute Gasteiger partial charge is 0.122 e. The van der Waals surface area contributed by atoms with Gasteiger partial charge in [0.15, 0.2) is 0 Å². The van der Waals surface area contributed by atoms with E-state index >= 15 is 0 Å². The maximum Gasteiger partial charge on any atom is 0.122 e. The van der Waals surface area contributed by atoms with E-state index in [1.807, 2.05) is 18.2 Å². The van der Waals surface area contributed by atoms with E-state index in [4.69, 9.17) is 4.74 Å². The molecule has 4 nitrogen and oxygen atoms in total. The van der Waals surface area contributed by atoms with Gasteiger partial charge < -0.3 is 15.0 Å². The van der Waals surface area contributed by atoms with Gasteiger partial charge in [0.1, 0.15) is 11.8 Å². The first-order valence-corrected chi connectivity index (χ1v) is 7.57. The molecule has 0 aliphatic rings. The number of hydrogen-bond donors (Lipinski definition) is 1. The van der Waals surface area contributed by atoms with Crippen LogP contribution in [0.4, 0.5) is 0 Å². The van der Waals surface area contributed by atoms with Gasteiger partial charge in [0, 0.05) is 12.6 Å². The van der Waals surface area contributed by atoms with Gasteiger partial charge in [-0.15, -0.1) is 0 Å². The van der Waals surface area contributed by atoms with Crippen LogP contribution in [0.5, 0.6) is 5.75 Å². The molecule has 21 heavy (non-hydrogen) atoms. The number of nitriles is 1. The second kappa shape index (κ2) is 9.38. The molecule has 0 fully saturated rings. The van der Waals surface area contributed by atoms with Crippen LogP contribution < -0.4 is 10.1 Å². The summed E-state index contributed by atoms with van der Waals surface area (Å²) in [5, 5.41) is 12.5. The van der Waals surface area contributed by atoms with Crippen LogP contribution in [-0.2, 0) is 6.42 Å². The van der Waals surface area contributed by atoms with E-state index in [0.717, 1.165) is 31.7 Å². The van der Waals surface area contributed by atoms with Crippen LogP contribution in [0.15, 0.2) is 24.3 Å². The first-order valence-electron chi connectivity index (χ1n) is 7.57. The van der Waals surface area contributed by atoms with Gasteiger partial charge in [-0.1, -0.05) is 25.1 Å². The Morgan fingerprint density at radius 3 is 2.71 bits per heavy atom. The van der Waals surface area contributed by atoms with Crippen LogP contribution in [0.25, 0.3) is 0 Å². The van der Waals surface area contributed by atoms with Crippen molar-refractivity contribution in [2.45, 2.75) is 38.8 Å². The lowest BCUT2D eigenvalue weighted by Gasteiger charge is -2.27. The first-order chi connectivity index (χ1) is 10.1. The number of methoxy groups -OCH3 is 1. The Hall–Kier alpha value is -1.57. The van der Waals surface area contributed by atoms with E-state index < -0.39 is 0 Å². The number of nitrogens with zero attached hydrogens (tertiary/aromatic N) is 2. The minimum absolute atomic E-state index is 0.116. The van der Waals surface area contributed by atoms with Crippen LogP contribution >= 0.6 is 0 Å². The monoisotopic (exact) mass is 289 g/mol. The Morgan fingerprint density at radius 1 is 1.38 bits per heavy atom. The van der Waals surface area contributed by atoms with E-state index in [1.54, 1.807) is 7.11 Å². The highest BCUT2D eigenvalue weighted by Crippen LogP contribution is 2.20. The molecule has 0 bridgehead atoms. The van der Waals surface area contributed by atoms with Gasteiger partial charge in [0.25, 0.3) is 0 Å². The Labute approximate surface area is 128 Å². The van der Waals surface area contributed by atoms with Gasteiger partial charge in [-0.25, -0.2) is 0 Å². The minimum Gasteiger partial charge on any atom is -0.496 e. The number of ether oxygens (including phenoxy) is 1. The van der Waals surface area contributed by atoms with Gasteiger partial charge in [-0.3, -0.25) is 0 Å². The SMILES string of the molecule is CCCNC(C#N)CN(C)C(C)Cc1ccccc1OC. The molecule has 1 aromatic carbocycles. The molecule has 4 heteroatoms. The van der Waals surface area contributed by atoms with E-state index in [0.29, 0.717) is 6.04 Å². The number of para-hydroxylation sites is 1. The fourth-order valence-corrected chi connectivity index (χ4v) is 2.28. The third kappa shape index (κ3) is 5.74. The van der Waals surface area contributed by atoms with Crippen LogP contribution in [0, 0.1) is 11.3 Å². The van der Waals surface area contributed by atoms with Crippen LogP contribution in [-0.4, -0.2) is 44.2 Å². The molecule has 116 valence electrons. The second-order valence-electron chi connectivity index (χ2n) is 5.44. The van der Waals surface area contributed by atoms with Crippen LogP contribution in [0.3, 0.4) is 0 Å². The number of hydrogen-bond acceptors (Lipinski definition) is 4. The summed E-state index contributed by atoms with van der Waals surface area (Å²) in [7, 11) is 3.77. The molecule has 2 atom stereocenters. The second-order valence-corrected chi connectivity index (χ2v) is 5.44. The molecule has 1 rings (SSSR count). The zero-order chi connectivity index (χ0) is 15.7. The summed E-state index contributed by atoms with van der Waals surface area (Å²) in [5.74, 6) is 0.929. The van der Waals surface area contributed by atoms with Crippen molar-refractivity contribution in [3.8, 4) is 11.8 Å². The fraction of sp³-hybridized carbons (Fsp3) is 0.588. The first kappa shape index (κ1) is 17.5. The average Bonchev–Trinajstić information content (AvgIpc) is 2.51. The summed E-state index contributed by atoms with van der Waals surface area (Å²) in [6.07, 6.45) is 1.95. The van der Waals surface area contributed by atoms with Gasteiger partial charge >= 0.3 is 0 Å². The van der Waals surface area contributed by atoms with Gasteiger partial charge in [-0.05, 0) is 45.0 Å². The van der Waals surface area contributed by atoms with Crippen LogP contribution in [0.2, 0.25) is 0 Å². The van der Waals surface area contributed by atoms with Crippen molar-refractivity contribution >= 4 is 0 Å². The van der Waals surface area contributed by atoms with Gasteiger partial charge in [0.05, 0.1) is 13.2 Å². The highest BCUT2D eigenvalue weighted by atomic mass is 16.5. The third-order valence-corrected chi connectivity index (χ3v) is 3.73. The van der Waals surface area contributed by atoms with Crippen molar-refractivity contribution in [1.29, 1.82) is 5.26 Å². The van der Waals surface area contributed by atoms with E-state index in [9.17, 15) is 5.26 Å². The summed E-state index contributed by atoms with van der Waals surface area (Å²) < 4.78 is 5.40. The summed E-state index contributed by atoms with van der Waals surface area (Å²) >= 11 is 0. The molecule has 0 saturated carbocycles. The molecule has 0 heterocycles. The maximum absolute atomic E-state index is 9.20.